The third-order valence-electron chi connectivity index (χ3n) is 3.13. The van der Waals surface area contributed by atoms with Gasteiger partial charge in [-0.2, -0.15) is 0 Å². The van der Waals surface area contributed by atoms with Gasteiger partial charge in [-0.1, -0.05) is 30.3 Å². The van der Waals surface area contributed by atoms with Gasteiger partial charge in [0.25, 0.3) is 0 Å². The van der Waals surface area contributed by atoms with Crippen LogP contribution in [0.4, 0.5) is 5.69 Å². The van der Waals surface area contributed by atoms with Crippen LogP contribution < -0.4 is 5.32 Å². The number of aromatic nitrogens is 1. The average Bonchev–Trinajstić information content (AvgIpc) is 3.13. The number of anilines is 1. The minimum absolute atomic E-state index is 0.552. The van der Waals surface area contributed by atoms with E-state index in [0.717, 1.165) is 10.2 Å². The fraction of sp³-hybridized carbons (Fsp3) is 0.214. The zero-order valence-corrected chi connectivity index (χ0v) is 10.9. The highest BCUT2D eigenvalue weighted by Crippen LogP contribution is 2.43. The van der Waals surface area contributed by atoms with Gasteiger partial charge in [0.15, 0.2) is 0 Å². The zero-order valence-electron chi connectivity index (χ0n) is 9.31. The van der Waals surface area contributed by atoms with Crippen LogP contribution >= 0.6 is 15.9 Å². The molecular weight excluding hydrogens is 276 g/mol. The summed E-state index contributed by atoms with van der Waals surface area (Å²) in [4.78, 5) is 4.06. The molecule has 0 radical (unpaired) electrons. The first kappa shape index (κ1) is 10.8. The third-order valence-corrected chi connectivity index (χ3v) is 3.76. The lowest BCUT2D eigenvalue weighted by atomic mass is 10.1. The first-order valence-electron chi connectivity index (χ1n) is 5.75. The Kier molecular flexibility index (Phi) is 2.85. The van der Waals surface area contributed by atoms with Crippen molar-refractivity contribution in [1.29, 1.82) is 0 Å². The summed E-state index contributed by atoms with van der Waals surface area (Å²) in [5.41, 5.74) is 2.55. The Morgan fingerprint density at radius 1 is 1.18 bits per heavy atom. The van der Waals surface area contributed by atoms with Gasteiger partial charge in [-0.25, -0.2) is 0 Å². The largest absolute Gasteiger partial charge is 0.381 e. The number of pyridine rings is 1. The number of hydrogen-bond donors (Lipinski definition) is 1. The van der Waals surface area contributed by atoms with E-state index < -0.39 is 0 Å². The molecule has 2 aromatic rings. The molecule has 1 N–H and O–H groups in total. The summed E-state index contributed by atoms with van der Waals surface area (Å²) >= 11 is 3.50. The van der Waals surface area contributed by atoms with E-state index in [9.17, 15) is 0 Å². The van der Waals surface area contributed by atoms with Crippen molar-refractivity contribution < 1.29 is 0 Å². The van der Waals surface area contributed by atoms with Crippen LogP contribution in [-0.4, -0.2) is 11.0 Å². The molecule has 1 aromatic carbocycles. The summed E-state index contributed by atoms with van der Waals surface area (Å²) in [6.45, 7) is 0. The predicted octanol–water partition coefficient (Wildman–Crippen LogP) is 3.81. The smallest absolute Gasteiger partial charge is 0.0590 e. The van der Waals surface area contributed by atoms with Crippen molar-refractivity contribution >= 4 is 21.6 Å². The highest BCUT2D eigenvalue weighted by atomic mass is 79.9. The normalized spacial score (nSPS) is 22.2. The average molecular weight is 289 g/mol. The van der Waals surface area contributed by atoms with Crippen LogP contribution in [-0.2, 0) is 0 Å². The summed E-state index contributed by atoms with van der Waals surface area (Å²) in [6, 6.07) is 13.2. The van der Waals surface area contributed by atoms with Crippen molar-refractivity contribution in [3.63, 3.8) is 0 Å². The van der Waals surface area contributed by atoms with Crippen molar-refractivity contribution in [2.75, 3.05) is 5.32 Å². The lowest BCUT2D eigenvalue weighted by Crippen LogP contribution is -2.04. The lowest BCUT2D eigenvalue weighted by molar-refractivity contribution is 1.04. The lowest BCUT2D eigenvalue weighted by Gasteiger charge is -2.07. The van der Waals surface area contributed by atoms with Crippen molar-refractivity contribution in [2.45, 2.75) is 18.4 Å². The van der Waals surface area contributed by atoms with E-state index in [0.29, 0.717) is 12.0 Å². The maximum absolute atomic E-state index is 4.06. The molecule has 1 fully saturated rings. The van der Waals surface area contributed by atoms with Gasteiger partial charge < -0.3 is 5.32 Å². The Bertz CT molecular complexity index is 513. The van der Waals surface area contributed by atoms with E-state index in [4.69, 9.17) is 0 Å². The molecule has 17 heavy (non-hydrogen) atoms. The molecule has 1 aliphatic rings. The Balaban J connectivity index is 1.69. The van der Waals surface area contributed by atoms with E-state index in [1.54, 1.807) is 0 Å². The van der Waals surface area contributed by atoms with Gasteiger partial charge >= 0.3 is 0 Å². The van der Waals surface area contributed by atoms with E-state index in [1.165, 1.54) is 12.0 Å². The molecular formula is C14H13BrN2. The van der Waals surface area contributed by atoms with E-state index in [1.807, 2.05) is 18.5 Å². The van der Waals surface area contributed by atoms with Gasteiger partial charge in [0.1, 0.15) is 0 Å². The number of rotatable bonds is 3. The van der Waals surface area contributed by atoms with Gasteiger partial charge in [0.2, 0.25) is 0 Å². The minimum Gasteiger partial charge on any atom is -0.381 e. The number of nitrogens with one attached hydrogen (secondary N) is 1. The van der Waals surface area contributed by atoms with Crippen LogP contribution in [0.3, 0.4) is 0 Å². The second-order valence-corrected chi connectivity index (χ2v) is 5.21. The first-order valence-corrected chi connectivity index (χ1v) is 6.55. The second kappa shape index (κ2) is 4.49. The summed E-state index contributed by atoms with van der Waals surface area (Å²) in [6.07, 6.45) is 4.84. The van der Waals surface area contributed by atoms with E-state index >= 15 is 0 Å². The molecule has 0 saturated heterocycles. The third kappa shape index (κ3) is 2.34. The van der Waals surface area contributed by atoms with Gasteiger partial charge in [0, 0.05) is 24.4 Å². The molecule has 1 aliphatic carbocycles. The Hall–Kier alpha value is -1.35. The molecule has 1 aromatic heterocycles. The fourth-order valence-electron chi connectivity index (χ4n) is 2.12. The minimum atomic E-state index is 0.552. The van der Waals surface area contributed by atoms with E-state index in [2.05, 4.69) is 56.6 Å². The molecule has 0 amide bonds. The number of nitrogens with zero attached hydrogens (tertiary/aromatic N) is 1. The molecule has 0 bridgehead atoms. The van der Waals surface area contributed by atoms with Crippen LogP contribution in [0.2, 0.25) is 0 Å². The number of halogens is 1. The molecule has 1 heterocycles. The summed E-state index contributed by atoms with van der Waals surface area (Å²) < 4.78 is 1.03. The van der Waals surface area contributed by atoms with Gasteiger partial charge in [0.05, 0.1) is 10.2 Å². The van der Waals surface area contributed by atoms with Crippen LogP contribution in [0.1, 0.15) is 17.9 Å². The summed E-state index contributed by atoms with van der Waals surface area (Å²) in [5, 5.41) is 3.55. The highest BCUT2D eigenvalue weighted by molar-refractivity contribution is 9.10. The van der Waals surface area contributed by atoms with Crippen molar-refractivity contribution in [1.82, 2.24) is 4.98 Å². The quantitative estimate of drug-likeness (QED) is 0.929. The molecule has 0 aliphatic heterocycles. The fourth-order valence-corrected chi connectivity index (χ4v) is 2.48. The second-order valence-electron chi connectivity index (χ2n) is 4.36. The van der Waals surface area contributed by atoms with Crippen molar-refractivity contribution in [3.05, 3.63) is 58.8 Å². The van der Waals surface area contributed by atoms with Crippen LogP contribution in [0.25, 0.3) is 0 Å². The van der Waals surface area contributed by atoms with Gasteiger partial charge in [-0.05, 0) is 34.0 Å². The Labute approximate surface area is 109 Å². The van der Waals surface area contributed by atoms with Gasteiger partial charge in [-0.15, -0.1) is 0 Å². The number of benzene rings is 1. The highest BCUT2D eigenvalue weighted by Gasteiger charge is 2.38. The molecule has 3 rings (SSSR count). The van der Waals surface area contributed by atoms with Crippen LogP contribution in [0, 0.1) is 0 Å². The zero-order chi connectivity index (χ0) is 11.7. The van der Waals surface area contributed by atoms with Gasteiger partial charge in [-0.3, -0.25) is 4.98 Å². The SMILES string of the molecule is Brc1cnccc1NC1CC1c1ccccc1. The predicted molar refractivity (Wildman–Crippen MR) is 73.1 cm³/mol. The van der Waals surface area contributed by atoms with Crippen LogP contribution in [0.5, 0.6) is 0 Å². The molecule has 86 valence electrons. The van der Waals surface area contributed by atoms with Crippen LogP contribution in [0.15, 0.2) is 53.3 Å². The van der Waals surface area contributed by atoms with Crippen molar-refractivity contribution in [2.24, 2.45) is 0 Å². The molecule has 0 spiro atoms. The molecule has 3 heteroatoms. The standard InChI is InChI=1S/C14H13BrN2/c15-12-9-16-7-6-13(12)17-14-8-11(14)10-4-2-1-3-5-10/h1-7,9,11,14H,8H2,(H,16,17). The Morgan fingerprint density at radius 2 is 2.00 bits per heavy atom. The monoisotopic (exact) mass is 288 g/mol. The van der Waals surface area contributed by atoms with E-state index in [-0.39, 0.29) is 0 Å². The topological polar surface area (TPSA) is 24.9 Å². The maximum atomic E-state index is 4.06. The number of hydrogen-bond acceptors (Lipinski definition) is 2. The first-order chi connectivity index (χ1) is 8.34. The summed E-state index contributed by atoms with van der Waals surface area (Å²) in [7, 11) is 0. The summed E-state index contributed by atoms with van der Waals surface area (Å²) in [5.74, 6) is 0.649. The maximum Gasteiger partial charge on any atom is 0.0590 e. The molecule has 2 unspecified atom stereocenters. The van der Waals surface area contributed by atoms with Crippen molar-refractivity contribution in [3.8, 4) is 0 Å². The molecule has 1 saturated carbocycles. The Morgan fingerprint density at radius 3 is 2.76 bits per heavy atom. The molecule has 2 nitrogen and oxygen atoms in total. The molecule has 2 atom stereocenters.